The first-order valence-corrected chi connectivity index (χ1v) is 6.33. The van der Waals surface area contributed by atoms with Crippen molar-refractivity contribution in [2.24, 2.45) is 0 Å². The van der Waals surface area contributed by atoms with E-state index < -0.39 is 29.3 Å². The van der Waals surface area contributed by atoms with E-state index in [9.17, 15) is 18.0 Å². The van der Waals surface area contributed by atoms with Crippen molar-refractivity contribution in [2.45, 2.75) is 25.2 Å². The number of alkyl halides is 1. The molecule has 1 rings (SSSR count). The minimum atomic E-state index is -1.58. The molecule has 0 aromatic heterocycles. The summed E-state index contributed by atoms with van der Waals surface area (Å²) in [5, 5.41) is 0. The lowest BCUT2D eigenvalue weighted by atomic mass is 9.93. The number of hydrogen-bond donors (Lipinski definition) is 0. The fraction of sp³-hybridized carbons (Fsp3) is 0.462. The Labute approximate surface area is 114 Å². The van der Waals surface area contributed by atoms with Gasteiger partial charge in [0.15, 0.2) is 17.5 Å². The SMILES string of the molecule is COC(=O)[C@@H](CCCCCl)c1ccc(F)c(F)c1F. The molecule has 19 heavy (non-hydrogen) atoms. The van der Waals surface area contributed by atoms with Crippen molar-refractivity contribution in [1.82, 2.24) is 0 Å². The highest BCUT2D eigenvalue weighted by molar-refractivity contribution is 6.17. The molecule has 0 saturated carbocycles. The van der Waals surface area contributed by atoms with E-state index in [1.807, 2.05) is 0 Å². The van der Waals surface area contributed by atoms with Crippen LogP contribution in [0.2, 0.25) is 0 Å². The normalized spacial score (nSPS) is 12.3. The molecule has 0 aliphatic carbocycles. The van der Waals surface area contributed by atoms with Crippen LogP contribution >= 0.6 is 11.6 Å². The van der Waals surface area contributed by atoms with Crippen LogP contribution in [0.4, 0.5) is 13.2 Å². The number of rotatable bonds is 6. The number of esters is 1. The lowest BCUT2D eigenvalue weighted by Crippen LogP contribution is -2.17. The van der Waals surface area contributed by atoms with E-state index in [2.05, 4.69) is 4.74 Å². The molecule has 0 unspecified atom stereocenters. The Kier molecular flexibility index (Phi) is 6.15. The van der Waals surface area contributed by atoms with Gasteiger partial charge >= 0.3 is 5.97 Å². The van der Waals surface area contributed by atoms with Gasteiger partial charge in [0.05, 0.1) is 13.0 Å². The highest BCUT2D eigenvalue weighted by Crippen LogP contribution is 2.28. The summed E-state index contributed by atoms with van der Waals surface area (Å²) >= 11 is 5.52. The Morgan fingerprint density at radius 1 is 1.26 bits per heavy atom. The molecule has 0 radical (unpaired) electrons. The molecule has 1 aromatic rings. The van der Waals surface area contributed by atoms with Crippen molar-refractivity contribution < 1.29 is 22.7 Å². The topological polar surface area (TPSA) is 26.3 Å². The molecule has 0 N–H and O–H groups in total. The van der Waals surface area contributed by atoms with Crippen molar-refractivity contribution >= 4 is 17.6 Å². The van der Waals surface area contributed by atoms with Gasteiger partial charge in [0.25, 0.3) is 0 Å². The second kappa shape index (κ2) is 7.38. The Morgan fingerprint density at radius 3 is 2.53 bits per heavy atom. The molecule has 0 aliphatic rings. The van der Waals surface area contributed by atoms with E-state index in [1.54, 1.807) is 0 Å². The predicted octanol–water partition coefficient (Wildman–Crippen LogP) is 3.77. The largest absolute Gasteiger partial charge is 0.469 e. The minimum Gasteiger partial charge on any atom is -0.469 e. The number of hydrogen-bond acceptors (Lipinski definition) is 2. The summed E-state index contributed by atoms with van der Waals surface area (Å²) < 4.78 is 44.3. The summed E-state index contributed by atoms with van der Waals surface area (Å²) in [5.74, 6) is -5.44. The molecule has 0 amide bonds. The second-order valence-electron chi connectivity index (χ2n) is 4.03. The van der Waals surface area contributed by atoms with Gasteiger partial charge in [-0.3, -0.25) is 4.79 Å². The van der Waals surface area contributed by atoms with E-state index in [-0.39, 0.29) is 12.0 Å². The monoisotopic (exact) mass is 294 g/mol. The summed E-state index contributed by atoms with van der Waals surface area (Å²) in [7, 11) is 1.16. The van der Waals surface area contributed by atoms with E-state index in [0.717, 1.165) is 19.2 Å². The van der Waals surface area contributed by atoms with Crippen LogP contribution in [0, 0.1) is 17.5 Å². The summed E-state index contributed by atoms with van der Waals surface area (Å²) in [4.78, 5) is 11.6. The Hall–Kier alpha value is -1.23. The quantitative estimate of drug-likeness (QED) is 0.345. The molecule has 0 spiro atoms. The molecule has 1 aromatic carbocycles. The van der Waals surface area contributed by atoms with Crippen molar-refractivity contribution in [2.75, 3.05) is 13.0 Å². The lowest BCUT2D eigenvalue weighted by molar-refractivity contribution is -0.142. The third-order valence-electron chi connectivity index (χ3n) is 2.80. The van der Waals surface area contributed by atoms with Crippen LogP contribution < -0.4 is 0 Å². The third kappa shape index (κ3) is 3.86. The van der Waals surface area contributed by atoms with Crippen LogP contribution in [-0.4, -0.2) is 19.0 Å². The van der Waals surface area contributed by atoms with Crippen molar-refractivity contribution in [3.63, 3.8) is 0 Å². The number of benzene rings is 1. The maximum absolute atomic E-state index is 13.7. The number of methoxy groups -OCH3 is 1. The number of unbranched alkanes of at least 4 members (excludes halogenated alkanes) is 1. The van der Waals surface area contributed by atoms with E-state index in [1.165, 1.54) is 0 Å². The fourth-order valence-electron chi connectivity index (χ4n) is 1.80. The van der Waals surface area contributed by atoms with Gasteiger partial charge in [-0.25, -0.2) is 13.2 Å². The highest BCUT2D eigenvalue weighted by Gasteiger charge is 2.26. The number of carbonyl (C=O) groups excluding carboxylic acids is 1. The van der Waals surface area contributed by atoms with Gasteiger partial charge in [-0.15, -0.1) is 11.6 Å². The molecular weight excluding hydrogens is 281 g/mol. The first-order chi connectivity index (χ1) is 9.02. The molecule has 0 saturated heterocycles. The molecule has 0 bridgehead atoms. The summed E-state index contributed by atoms with van der Waals surface area (Å²) in [6.07, 6.45) is 1.46. The first kappa shape index (κ1) is 15.8. The van der Waals surface area contributed by atoms with Gasteiger partial charge in [-0.1, -0.05) is 12.5 Å². The summed E-state index contributed by atoms with van der Waals surface area (Å²) in [6, 6.07) is 1.86. The van der Waals surface area contributed by atoms with Gasteiger partial charge < -0.3 is 4.74 Å². The molecule has 106 valence electrons. The second-order valence-corrected chi connectivity index (χ2v) is 4.40. The highest BCUT2D eigenvalue weighted by atomic mass is 35.5. The Morgan fingerprint density at radius 2 is 1.95 bits per heavy atom. The minimum absolute atomic E-state index is 0.194. The van der Waals surface area contributed by atoms with Crippen LogP contribution in [0.15, 0.2) is 12.1 Å². The summed E-state index contributed by atoms with van der Waals surface area (Å²) in [5.41, 5.74) is -0.194. The zero-order valence-electron chi connectivity index (χ0n) is 10.4. The zero-order valence-corrected chi connectivity index (χ0v) is 11.1. The molecular formula is C13H14ClF3O2. The summed E-state index contributed by atoms with van der Waals surface area (Å²) in [6.45, 7) is 0. The van der Waals surface area contributed by atoms with Crippen molar-refractivity contribution in [3.8, 4) is 0 Å². The Balaban J connectivity index is 3.03. The van der Waals surface area contributed by atoms with Gasteiger partial charge in [0.1, 0.15) is 0 Å². The van der Waals surface area contributed by atoms with Crippen LogP contribution in [0.25, 0.3) is 0 Å². The van der Waals surface area contributed by atoms with Crippen LogP contribution in [0.3, 0.4) is 0 Å². The van der Waals surface area contributed by atoms with Gasteiger partial charge in [-0.05, 0) is 18.9 Å². The Bertz CT molecular complexity index is 452. The van der Waals surface area contributed by atoms with Gasteiger partial charge in [0, 0.05) is 11.4 Å². The van der Waals surface area contributed by atoms with E-state index >= 15 is 0 Å². The van der Waals surface area contributed by atoms with Crippen LogP contribution in [-0.2, 0) is 9.53 Å². The molecule has 6 heteroatoms. The maximum Gasteiger partial charge on any atom is 0.313 e. The number of halogens is 4. The van der Waals surface area contributed by atoms with Crippen molar-refractivity contribution in [1.29, 1.82) is 0 Å². The molecule has 0 aliphatic heterocycles. The van der Waals surface area contributed by atoms with Crippen LogP contribution in [0.1, 0.15) is 30.7 Å². The average Bonchev–Trinajstić information content (AvgIpc) is 2.41. The number of ether oxygens (including phenoxy) is 1. The van der Waals surface area contributed by atoms with Gasteiger partial charge in [0.2, 0.25) is 0 Å². The molecule has 0 fully saturated rings. The smallest absolute Gasteiger partial charge is 0.313 e. The predicted molar refractivity (Wildman–Crippen MR) is 65.6 cm³/mol. The molecule has 1 atom stereocenters. The van der Waals surface area contributed by atoms with Gasteiger partial charge in [-0.2, -0.15) is 0 Å². The van der Waals surface area contributed by atoms with Crippen LogP contribution in [0.5, 0.6) is 0 Å². The molecule has 0 heterocycles. The lowest BCUT2D eigenvalue weighted by Gasteiger charge is -2.16. The number of carbonyl (C=O) groups is 1. The maximum atomic E-state index is 13.7. The van der Waals surface area contributed by atoms with E-state index in [4.69, 9.17) is 11.6 Å². The fourth-order valence-corrected chi connectivity index (χ4v) is 1.98. The molecule has 2 nitrogen and oxygen atoms in total. The van der Waals surface area contributed by atoms with E-state index in [0.29, 0.717) is 18.7 Å². The first-order valence-electron chi connectivity index (χ1n) is 5.80. The zero-order chi connectivity index (χ0) is 14.4. The van der Waals surface area contributed by atoms with Crippen molar-refractivity contribution in [3.05, 3.63) is 35.1 Å². The standard InChI is InChI=1S/C13H14ClF3O2/c1-19-13(18)9(4-2-3-7-14)8-5-6-10(15)12(17)11(8)16/h5-6,9H,2-4,7H2,1H3/t9-/m0/s1. The third-order valence-corrected chi connectivity index (χ3v) is 3.07. The average molecular weight is 295 g/mol.